The fourth-order valence-corrected chi connectivity index (χ4v) is 4.84. The highest BCUT2D eigenvalue weighted by molar-refractivity contribution is 14.1. The van der Waals surface area contributed by atoms with Crippen molar-refractivity contribution in [2.75, 3.05) is 0 Å². The molecule has 0 saturated heterocycles. The van der Waals surface area contributed by atoms with Crippen LogP contribution in [0.15, 0.2) is 78.9 Å². The van der Waals surface area contributed by atoms with Crippen LogP contribution in [0, 0.1) is 3.57 Å². The smallest absolute Gasteiger partial charge is 0.133 e. The van der Waals surface area contributed by atoms with Gasteiger partial charge in [-0.2, -0.15) is 0 Å². The van der Waals surface area contributed by atoms with Gasteiger partial charge in [0.05, 0.1) is 0 Å². The van der Waals surface area contributed by atoms with Crippen LogP contribution in [0.2, 0.25) is 0 Å². The molecule has 3 aromatic rings. The van der Waals surface area contributed by atoms with Crippen molar-refractivity contribution >= 4 is 33.4 Å². The minimum atomic E-state index is 0.106. The van der Waals surface area contributed by atoms with Gasteiger partial charge in [-0.25, -0.2) is 0 Å². The Labute approximate surface area is 154 Å². The maximum atomic E-state index is 6.44. The fourth-order valence-electron chi connectivity index (χ4n) is 3.81. The predicted molar refractivity (Wildman–Crippen MR) is 108 cm³/mol. The number of halogens is 1. The van der Waals surface area contributed by atoms with Crippen LogP contribution in [0.25, 0.3) is 21.9 Å². The molecule has 116 valence electrons. The van der Waals surface area contributed by atoms with Crippen LogP contribution in [0.5, 0.6) is 5.75 Å². The summed E-state index contributed by atoms with van der Waals surface area (Å²) >= 11 is 2.47. The molecule has 1 heterocycles. The maximum Gasteiger partial charge on any atom is 0.133 e. The molecule has 0 saturated carbocycles. The van der Waals surface area contributed by atoms with Gasteiger partial charge in [-0.15, -0.1) is 0 Å². The SMILES string of the molecule is Ic1c(-c2ccccc2)c2c(c3ccccc13)C1C=CC=CC1O2. The van der Waals surface area contributed by atoms with Crippen molar-refractivity contribution in [1.29, 1.82) is 0 Å². The molecule has 0 radical (unpaired) electrons. The number of ether oxygens (including phenoxy) is 1. The standard InChI is InChI=1S/C22H15IO/c23-21-16-11-5-4-10-15(16)20-17-12-6-7-13-18(17)24-22(20)19(21)14-8-2-1-3-9-14/h1-13,17-18H. The van der Waals surface area contributed by atoms with Gasteiger partial charge >= 0.3 is 0 Å². The summed E-state index contributed by atoms with van der Waals surface area (Å²) in [6, 6.07) is 19.3. The molecule has 0 aromatic heterocycles. The molecule has 2 unspecified atom stereocenters. The van der Waals surface area contributed by atoms with E-state index in [9.17, 15) is 0 Å². The quantitative estimate of drug-likeness (QED) is 0.432. The van der Waals surface area contributed by atoms with Gasteiger partial charge in [-0.05, 0) is 45.0 Å². The maximum absolute atomic E-state index is 6.44. The third-order valence-electron chi connectivity index (χ3n) is 4.88. The lowest BCUT2D eigenvalue weighted by Crippen LogP contribution is -2.15. The zero-order chi connectivity index (χ0) is 16.1. The highest BCUT2D eigenvalue weighted by atomic mass is 127. The van der Waals surface area contributed by atoms with Crippen molar-refractivity contribution in [3.05, 3.63) is 88.0 Å². The summed E-state index contributed by atoms with van der Waals surface area (Å²) < 4.78 is 7.71. The van der Waals surface area contributed by atoms with Crippen LogP contribution in [0.4, 0.5) is 0 Å². The Bertz CT molecular complexity index is 1000. The summed E-state index contributed by atoms with van der Waals surface area (Å²) in [6.07, 6.45) is 8.76. The van der Waals surface area contributed by atoms with Gasteiger partial charge in [0.15, 0.2) is 0 Å². The molecular formula is C22H15IO. The average molecular weight is 422 g/mol. The Hall–Kier alpha value is -2.07. The van der Waals surface area contributed by atoms with E-state index in [4.69, 9.17) is 4.74 Å². The van der Waals surface area contributed by atoms with Crippen molar-refractivity contribution in [3.63, 3.8) is 0 Å². The first-order valence-corrected chi connectivity index (χ1v) is 9.23. The lowest BCUT2D eigenvalue weighted by molar-refractivity contribution is 0.270. The van der Waals surface area contributed by atoms with Crippen LogP contribution < -0.4 is 4.74 Å². The van der Waals surface area contributed by atoms with Gasteiger partial charge in [0.1, 0.15) is 11.9 Å². The Morgan fingerprint density at radius 3 is 2.33 bits per heavy atom. The van der Waals surface area contributed by atoms with Crippen LogP contribution in [0.1, 0.15) is 11.5 Å². The number of hydrogen-bond acceptors (Lipinski definition) is 1. The molecule has 0 bridgehead atoms. The van der Waals surface area contributed by atoms with Gasteiger partial charge in [0.25, 0.3) is 0 Å². The number of fused-ring (bicyclic) bond motifs is 5. The molecule has 5 rings (SSSR count). The minimum Gasteiger partial charge on any atom is -0.484 e. The molecule has 3 aromatic carbocycles. The van der Waals surface area contributed by atoms with E-state index in [1.165, 1.54) is 31.0 Å². The summed E-state index contributed by atoms with van der Waals surface area (Å²) in [4.78, 5) is 0. The zero-order valence-corrected chi connectivity index (χ0v) is 15.1. The van der Waals surface area contributed by atoms with Crippen molar-refractivity contribution in [2.24, 2.45) is 0 Å². The summed E-state index contributed by atoms with van der Waals surface area (Å²) in [7, 11) is 0. The number of rotatable bonds is 1. The van der Waals surface area contributed by atoms with E-state index in [0.29, 0.717) is 5.92 Å². The zero-order valence-electron chi connectivity index (χ0n) is 12.9. The van der Waals surface area contributed by atoms with E-state index in [1.807, 2.05) is 0 Å². The van der Waals surface area contributed by atoms with Gasteiger partial charge in [-0.3, -0.25) is 0 Å². The van der Waals surface area contributed by atoms with Gasteiger partial charge in [0.2, 0.25) is 0 Å². The molecule has 24 heavy (non-hydrogen) atoms. The molecule has 2 atom stereocenters. The third kappa shape index (κ3) is 1.99. The topological polar surface area (TPSA) is 9.23 Å². The minimum absolute atomic E-state index is 0.106. The summed E-state index contributed by atoms with van der Waals surface area (Å²) in [5.74, 6) is 1.35. The van der Waals surface area contributed by atoms with Crippen LogP contribution >= 0.6 is 22.6 Å². The summed E-state index contributed by atoms with van der Waals surface area (Å²) in [5.41, 5.74) is 3.77. The van der Waals surface area contributed by atoms with Crippen LogP contribution in [-0.4, -0.2) is 6.10 Å². The Balaban J connectivity index is 1.90. The third-order valence-corrected chi connectivity index (χ3v) is 6.00. The van der Waals surface area contributed by atoms with E-state index >= 15 is 0 Å². The Kier molecular flexibility index (Phi) is 3.27. The molecular weight excluding hydrogens is 407 g/mol. The molecule has 1 aliphatic heterocycles. The van der Waals surface area contributed by atoms with Crippen molar-refractivity contribution in [1.82, 2.24) is 0 Å². The molecule has 2 heteroatoms. The van der Waals surface area contributed by atoms with E-state index in [-0.39, 0.29) is 6.10 Å². The van der Waals surface area contributed by atoms with E-state index < -0.39 is 0 Å². The molecule has 0 N–H and O–H groups in total. The van der Waals surface area contributed by atoms with Crippen LogP contribution in [0.3, 0.4) is 0 Å². The van der Waals surface area contributed by atoms with E-state index in [1.54, 1.807) is 0 Å². The molecule has 0 spiro atoms. The van der Waals surface area contributed by atoms with Crippen molar-refractivity contribution in [2.45, 2.75) is 12.0 Å². The first-order valence-electron chi connectivity index (χ1n) is 8.16. The second-order valence-electron chi connectivity index (χ2n) is 6.22. The molecule has 1 nitrogen and oxygen atoms in total. The number of benzene rings is 3. The molecule has 1 aliphatic carbocycles. The monoisotopic (exact) mass is 422 g/mol. The lowest BCUT2D eigenvalue weighted by atomic mass is 9.86. The largest absolute Gasteiger partial charge is 0.484 e. The fraction of sp³-hybridized carbons (Fsp3) is 0.0909. The summed E-state index contributed by atoms with van der Waals surface area (Å²) in [6.45, 7) is 0. The predicted octanol–water partition coefficient (Wildman–Crippen LogP) is 6.08. The summed E-state index contributed by atoms with van der Waals surface area (Å²) in [5, 5.41) is 2.62. The number of hydrogen-bond donors (Lipinski definition) is 0. The second-order valence-corrected chi connectivity index (χ2v) is 7.30. The van der Waals surface area contributed by atoms with Crippen molar-refractivity contribution in [3.8, 4) is 16.9 Å². The van der Waals surface area contributed by atoms with Gasteiger partial charge in [-0.1, -0.05) is 72.8 Å². The average Bonchev–Trinajstić information content (AvgIpc) is 3.02. The van der Waals surface area contributed by atoms with Crippen LogP contribution in [-0.2, 0) is 0 Å². The lowest BCUT2D eigenvalue weighted by Gasteiger charge is -2.15. The molecule has 2 aliphatic rings. The first kappa shape index (κ1) is 14.3. The highest BCUT2D eigenvalue weighted by Gasteiger charge is 2.36. The highest BCUT2D eigenvalue weighted by Crippen LogP contribution is 2.52. The first-order chi connectivity index (χ1) is 11.8. The second kappa shape index (κ2) is 5.49. The van der Waals surface area contributed by atoms with Gasteiger partial charge in [0, 0.05) is 20.6 Å². The Morgan fingerprint density at radius 1 is 0.792 bits per heavy atom. The normalized spacial score (nSPS) is 20.7. The molecule has 0 amide bonds. The molecule has 0 fully saturated rings. The van der Waals surface area contributed by atoms with Crippen molar-refractivity contribution < 1.29 is 4.74 Å². The number of allylic oxidation sites excluding steroid dienone is 2. The van der Waals surface area contributed by atoms with E-state index in [2.05, 4.69) is 101 Å². The van der Waals surface area contributed by atoms with E-state index in [0.717, 1.165) is 5.75 Å². The Morgan fingerprint density at radius 2 is 1.50 bits per heavy atom. The van der Waals surface area contributed by atoms with Gasteiger partial charge < -0.3 is 4.74 Å².